The molecule has 2 aromatic carbocycles. The standard InChI is InChI=1S/C13H12F3N/c1-8-3-2-4-9-7-10(5-6-11(8)9)12(17)13(14,15)16/h2-7,12H,17H2,1H3/t12-/m0/s1. The Bertz CT molecular complexity index is 546. The highest BCUT2D eigenvalue weighted by molar-refractivity contribution is 5.86. The first kappa shape index (κ1) is 11.9. The molecule has 0 aliphatic rings. The number of nitrogens with two attached hydrogens (primary N) is 1. The van der Waals surface area contributed by atoms with Crippen molar-refractivity contribution in [3.05, 3.63) is 47.5 Å². The minimum Gasteiger partial charge on any atom is -0.316 e. The van der Waals surface area contributed by atoms with Crippen molar-refractivity contribution in [1.29, 1.82) is 0 Å². The third kappa shape index (κ3) is 2.26. The fourth-order valence-corrected chi connectivity index (χ4v) is 1.85. The summed E-state index contributed by atoms with van der Waals surface area (Å²) in [4.78, 5) is 0. The van der Waals surface area contributed by atoms with Gasteiger partial charge < -0.3 is 5.73 Å². The Morgan fingerprint density at radius 3 is 2.47 bits per heavy atom. The zero-order valence-electron chi connectivity index (χ0n) is 9.25. The Labute approximate surface area is 97.0 Å². The van der Waals surface area contributed by atoms with Gasteiger partial charge in [0.15, 0.2) is 0 Å². The molecule has 0 aliphatic carbocycles. The second kappa shape index (κ2) is 4.04. The fraction of sp³-hybridized carbons (Fsp3) is 0.231. The van der Waals surface area contributed by atoms with Crippen molar-refractivity contribution in [3.63, 3.8) is 0 Å². The molecule has 0 unspecified atom stereocenters. The molecule has 2 rings (SSSR count). The van der Waals surface area contributed by atoms with E-state index < -0.39 is 12.2 Å². The van der Waals surface area contributed by atoms with Gasteiger partial charge in [-0.3, -0.25) is 0 Å². The molecular weight excluding hydrogens is 227 g/mol. The normalized spacial score (nSPS) is 13.9. The van der Waals surface area contributed by atoms with Gasteiger partial charge in [-0.25, -0.2) is 0 Å². The highest BCUT2D eigenvalue weighted by Crippen LogP contribution is 2.32. The van der Waals surface area contributed by atoms with Gasteiger partial charge in [-0.15, -0.1) is 0 Å². The van der Waals surface area contributed by atoms with Crippen LogP contribution in [0.1, 0.15) is 17.2 Å². The van der Waals surface area contributed by atoms with Gasteiger partial charge in [0.05, 0.1) is 0 Å². The van der Waals surface area contributed by atoms with Gasteiger partial charge in [-0.1, -0.05) is 30.3 Å². The number of hydrogen-bond acceptors (Lipinski definition) is 1. The van der Waals surface area contributed by atoms with Crippen molar-refractivity contribution >= 4 is 10.8 Å². The second-order valence-electron chi connectivity index (χ2n) is 4.07. The lowest BCUT2D eigenvalue weighted by Crippen LogP contribution is -2.28. The Hall–Kier alpha value is -1.55. The van der Waals surface area contributed by atoms with E-state index in [4.69, 9.17) is 5.73 Å². The van der Waals surface area contributed by atoms with Gasteiger partial charge in [-0.2, -0.15) is 13.2 Å². The summed E-state index contributed by atoms with van der Waals surface area (Å²) in [5, 5.41) is 1.73. The minimum atomic E-state index is -4.41. The summed E-state index contributed by atoms with van der Waals surface area (Å²) < 4.78 is 37.5. The lowest BCUT2D eigenvalue weighted by Gasteiger charge is -2.16. The van der Waals surface area contributed by atoms with Crippen molar-refractivity contribution in [2.75, 3.05) is 0 Å². The van der Waals surface area contributed by atoms with E-state index in [1.54, 1.807) is 12.1 Å². The summed E-state index contributed by atoms with van der Waals surface area (Å²) in [6, 6.07) is 8.23. The SMILES string of the molecule is Cc1cccc2cc([C@H](N)C(F)(F)F)ccc12. The zero-order chi connectivity index (χ0) is 12.6. The number of alkyl halides is 3. The fourth-order valence-electron chi connectivity index (χ4n) is 1.85. The minimum absolute atomic E-state index is 0.0931. The molecule has 0 saturated carbocycles. The van der Waals surface area contributed by atoms with Gasteiger partial charge in [-0.05, 0) is 34.9 Å². The number of hydrogen-bond donors (Lipinski definition) is 1. The monoisotopic (exact) mass is 239 g/mol. The molecule has 0 bridgehead atoms. The average Bonchev–Trinajstić information content (AvgIpc) is 2.26. The Morgan fingerprint density at radius 2 is 1.82 bits per heavy atom. The van der Waals surface area contributed by atoms with Crippen molar-refractivity contribution in [2.45, 2.75) is 19.1 Å². The molecule has 2 aromatic rings. The van der Waals surface area contributed by atoms with E-state index in [2.05, 4.69) is 0 Å². The predicted molar refractivity (Wildman–Crippen MR) is 61.7 cm³/mol. The first-order valence-electron chi connectivity index (χ1n) is 5.21. The largest absolute Gasteiger partial charge is 0.407 e. The summed E-state index contributed by atoms with van der Waals surface area (Å²) in [5.41, 5.74) is 6.31. The number of rotatable bonds is 1. The van der Waals surface area contributed by atoms with Crippen LogP contribution in [0.25, 0.3) is 10.8 Å². The van der Waals surface area contributed by atoms with E-state index in [-0.39, 0.29) is 5.56 Å². The van der Waals surface area contributed by atoms with E-state index in [1.807, 2.05) is 19.1 Å². The first-order valence-corrected chi connectivity index (χ1v) is 5.21. The van der Waals surface area contributed by atoms with Crippen LogP contribution < -0.4 is 5.73 Å². The third-order valence-electron chi connectivity index (χ3n) is 2.83. The number of halogens is 3. The highest BCUT2D eigenvalue weighted by Gasteiger charge is 2.37. The van der Waals surface area contributed by atoms with Gasteiger partial charge in [0, 0.05) is 0 Å². The number of aryl methyl sites for hydroxylation is 1. The maximum Gasteiger partial charge on any atom is 0.407 e. The zero-order valence-corrected chi connectivity index (χ0v) is 9.25. The van der Waals surface area contributed by atoms with Gasteiger partial charge in [0.1, 0.15) is 6.04 Å². The van der Waals surface area contributed by atoms with Crippen molar-refractivity contribution in [3.8, 4) is 0 Å². The maximum absolute atomic E-state index is 12.5. The Morgan fingerprint density at radius 1 is 1.12 bits per heavy atom. The summed E-state index contributed by atoms with van der Waals surface area (Å²) in [5.74, 6) is 0. The van der Waals surface area contributed by atoms with Crippen LogP contribution in [0.15, 0.2) is 36.4 Å². The molecule has 0 amide bonds. The molecule has 17 heavy (non-hydrogen) atoms. The predicted octanol–water partition coefficient (Wildman–Crippen LogP) is 3.71. The van der Waals surface area contributed by atoms with Crippen molar-refractivity contribution in [1.82, 2.24) is 0 Å². The molecule has 0 aliphatic heterocycles. The molecule has 1 atom stereocenters. The van der Waals surface area contributed by atoms with Gasteiger partial charge in [0.2, 0.25) is 0 Å². The van der Waals surface area contributed by atoms with E-state index in [0.29, 0.717) is 0 Å². The van der Waals surface area contributed by atoms with E-state index in [0.717, 1.165) is 16.3 Å². The second-order valence-corrected chi connectivity index (χ2v) is 4.07. The summed E-state index contributed by atoms with van der Waals surface area (Å²) in [6.45, 7) is 1.92. The molecule has 0 fully saturated rings. The summed E-state index contributed by atoms with van der Waals surface area (Å²) in [6.07, 6.45) is -4.41. The van der Waals surface area contributed by atoms with Crippen LogP contribution >= 0.6 is 0 Å². The van der Waals surface area contributed by atoms with Crippen LogP contribution in [-0.4, -0.2) is 6.18 Å². The Balaban J connectivity index is 2.52. The molecule has 0 saturated heterocycles. The van der Waals surface area contributed by atoms with Crippen LogP contribution in [0.5, 0.6) is 0 Å². The van der Waals surface area contributed by atoms with E-state index >= 15 is 0 Å². The molecule has 0 radical (unpaired) electrons. The smallest absolute Gasteiger partial charge is 0.316 e. The highest BCUT2D eigenvalue weighted by atomic mass is 19.4. The molecule has 2 N–H and O–H groups in total. The lowest BCUT2D eigenvalue weighted by molar-refractivity contribution is -0.149. The summed E-state index contributed by atoms with van der Waals surface area (Å²) in [7, 11) is 0. The lowest BCUT2D eigenvalue weighted by atomic mass is 9.99. The number of benzene rings is 2. The summed E-state index contributed by atoms with van der Waals surface area (Å²) >= 11 is 0. The topological polar surface area (TPSA) is 26.0 Å². The quantitative estimate of drug-likeness (QED) is 0.806. The molecule has 4 heteroatoms. The molecule has 0 heterocycles. The van der Waals surface area contributed by atoms with Crippen molar-refractivity contribution in [2.24, 2.45) is 5.73 Å². The van der Waals surface area contributed by atoms with Crippen LogP contribution in [0.2, 0.25) is 0 Å². The molecule has 1 nitrogen and oxygen atoms in total. The number of fused-ring (bicyclic) bond motifs is 1. The van der Waals surface area contributed by atoms with E-state index in [1.165, 1.54) is 12.1 Å². The van der Waals surface area contributed by atoms with Crippen LogP contribution in [0.4, 0.5) is 13.2 Å². The van der Waals surface area contributed by atoms with Crippen LogP contribution in [0, 0.1) is 6.92 Å². The maximum atomic E-state index is 12.5. The molecular formula is C13H12F3N. The van der Waals surface area contributed by atoms with E-state index in [9.17, 15) is 13.2 Å². The molecule has 0 spiro atoms. The Kier molecular flexibility index (Phi) is 2.83. The molecule has 0 aromatic heterocycles. The van der Waals surface area contributed by atoms with Gasteiger partial charge >= 0.3 is 6.18 Å². The van der Waals surface area contributed by atoms with Crippen molar-refractivity contribution < 1.29 is 13.2 Å². The third-order valence-corrected chi connectivity index (χ3v) is 2.83. The van der Waals surface area contributed by atoms with Crippen LogP contribution in [-0.2, 0) is 0 Å². The van der Waals surface area contributed by atoms with Crippen LogP contribution in [0.3, 0.4) is 0 Å². The van der Waals surface area contributed by atoms with Gasteiger partial charge in [0.25, 0.3) is 0 Å². The first-order chi connectivity index (χ1) is 7.89. The average molecular weight is 239 g/mol. The molecule has 90 valence electrons.